The lowest BCUT2D eigenvalue weighted by molar-refractivity contribution is -0.140. The summed E-state index contributed by atoms with van der Waals surface area (Å²) in [6.07, 6.45) is -3.34. The molecule has 2 aliphatic rings. The fourth-order valence-corrected chi connectivity index (χ4v) is 3.98. The molecule has 1 unspecified atom stereocenters. The van der Waals surface area contributed by atoms with E-state index in [9.17, 15) is 13.2 Å². The highest BCUT2D eigenvalue weighted by Gasteiger charge is 2.34. The van der Waals surface area contributed by atoms with E-state index in [1.54, 1.807) is 0 Å². The summed E-state index contributed by atoms with van der Waals surface area (Å²) in [5.41, 5.74) is -0.841. The van der Waals surface area contributed by atoms with E-state index in [0.717, 1.165) is 68.5 Å². The van der Waals surface area contributed by atoms with Gasteiger partial charge in [-0.15, -0.1) is 11.3 Å². The van der Waals surface area contributed by atoms with Crippen molar-refractivity contribution in [2.45, 2.75) is 32.1 Å². The largest absolute Gasteiger partial charge is 0.434 e. The second-order valence-corrected chi connectivity index (χ2v) is 7.27. The fraction of sp³-hybridized carbons (Fsp3) is 0.750. The standard InChI is InChI=1S/C16H24F3N5OS/c1-2-20-15(21-9-14-22-13(11-26-14)16(17,18)19)24-4-3-12(10-24)23-5-7-25-8-6-23/h11-12H,2-10H2,1H3,(H,20,21). The molecule has 0 bridgehead atoms. The van der Waals surface area contributed by atoms with Gasteiger partial charge in [-0.1, -0.05) is 0 Å². The molecule has 0 radical (unpaired) electrons. The molecular weight excluding hydrogens is 367 g/mol. The van der Waals surface area contributed by atoms with Gasteiger partial charge in [0.1, 0.15) is 5.01 Å². The molecule has 2 aliphatic heterocycles. The van der Waals surface area contributed by atoms with Crippen LogP contribution < -0.4 is 5.32 Å². The molecule has 0 spiro atoms. The lowest BCUT2D eigenvalue weighted by Gasteiger charge is -2.32. The summed E-state index contributed by atoms with van der Waals surface area (Å²) >= 11 is 0.996. The zero-order valence-electron chi connectivity index (χ0n) is 14.8. The van der Waals surface area contributed by atoms with Crippen molar-refractivity contribution in [3.63, 3.8) is 0 Å². The van der Waals surface area contributed by atoms with Crippen molar-refractivity contribution in [2.75, 3.05) is 45.9 Å². The Morgan fingerprint density at radius 3 is 2.81 bits per heavy atom. The van der Waals surface area contributed by atoms with E-state index in [1.165, 1.54) is 0 Å². The number of guanidine groups is 1. The molecule has 0 amide bonds. The number of nitrogens with one attached hydrogen (secondary N) is 1. The van der Waals surface area contributed by atoms with Gasteiger partial charge in [-0.2, -0.15) is 13.2 Å². The number of halogens is 3. The van der Waals surface area contributed by atoms with Gasteiger partial charge in [-0.3, -0.25) is 4.90 Å². The Hall–Kier alpha value is -1.39. The summed E-state index contributed by atoms with van der Waals surface area (Å²) in [5.74, 6) is 0.743. The van der Waals surface area contributed by atoms with Gasteiger partial charge in [-0.25, -0.2) is 9.98 Å². The number of rotatable bonds is 4. The summed E-state index contributed by atoms with van der Waals surface area (Å²) in [7, 11) is 0. The first-order valence-corrected chi connectivity index (χ1v) is 9.72. The molecule has 146 valence electrons. The molecule has 3 heterocycles. The second-order valence-electron chi connectivity index (χ2n) is 6.33. The van der Waals surface area contributed by atoms with E-state index >= 15 is 0 Å². The Labute approximate surface area is 155 Å². The molecular formula is C16H24F3N5OS. The van der Waals surface area contributed by atoms with E-state index in [1.807, 2.05) is 6.92 Å². The van der Waals surface area contributed by atoms with Gasteiger partial charge in [-0.05, 0) is 13.3 Å². The lowest BCUT2D eigenvalue weighted by atomic mass is 10.2. The molecule has 2 saturated heterocycles. The molecule has 26 heavy (non-hydrogen) atoms. The number of hydrogen-bond acceptors (Lipinski definition) is 5. The molecule has 1 aromatic heterocycles. The first-order valence-electron chi connectivity index (χ1n) is 8.84. The van der Waals surface area contributed by atoms with Crippen LogP contribution in [-0.2, 0) is 17.5 Å². The number of ether oxygens (including phenoxy) is 1. The zero-order valence-corrected chi connectivity index (χ0v) is 15.6. The van der Waals surface area contributed by atoms with Crippen LogP contribution in [0.2, 0.25) is 0 Å². The average Bonchev–Trinajstić information content (AvgIpc) is 3.29. The molecule has 1 atom stereocenters. The van der Waals surface area contributed by atoms with Gasteiger partial charge < -0.3 is 15.0 Å². The Balaban J connectivity index is 1.61. The van der Waals surface area contributed by atoms with Crippen LogP contribution in [0.15, 0.2) is 10.4 Å². The highest BCUT2D eigenvalue weighted by molar-refractivity contribution is 7.09. The van der Waals surface area contributed by atoms with Gasteiger partial charge in [0.05, 0.1) is 19.8 Å². The van der Waals surface area contributed by atoms with Crippen LogP contribution in [0.25, 0.3) is 0 Å². The lowest BCUT2D eigenvalue weighted by Crippen LogP contribution is -2.46. The van der Waals surface area contributed by atoms with Crippen LogP contribution in [0.5, 0.6) is 0 Å². The molecule has 0 aromatic carbocycles. The highest BCUT2D eigenvalue weighted by atomic mass is 32.1. The summed E-state index contributed by atoms with van der Waals surface area (Å²) in [5, 5.41) is 4.66. The summed E-state index contributed by atoms with van der Waals surface area (Å²) in [6.45, 7) is 8.06. The van der Waals surface area contributed by atoms with Crippen LogP contribution in [0, 0.1) is 0 Å². The van der Waals surface area contributed by atoms with Gasteiger partial charge in [0, 0.05) is 44.1 Å². The first kappa shape index (κ1) is 19.4. The Morgan fingerprint density at radius 2 is 2.15 bits per heavy atom. The average molecular weight is 391 g/mol. The number of likely N-dealkylation sites (tertiary alicyclic amines) is 1. The van der Waals surface area contributed by atoms with Crippen LogP contribution >= 0.6 is 11.3 Å². The van der Waals surface area contributed by atoms with Crippen molar-refractivity contribution in [3.05, 3.63) is 16.1 Å². The Morgan fingerprint density at radius 1 is 1.38 bits per heavy atom. The summed E-state index contributed by atoms with van der Waals surface area (Å²) in [6, 6.07) is 0.472. The van der Waals surface area contributed by atoms with E-state index in [-0.39, 0.29) is 6.54 Å². The number of morpholine rings is 1. The SMILES string of the molecule is CCNC(=NCc1nc(C(F)(F)F)cs1)N1CCC(N2CCOCC2)C1. The van der Waals surface area contributed by atoms with Gasteiger partial charge >= 0.3 is 6.18 Å². The zero-order chi connectivity index (χ0) is 18.6. The quantitative estimate of drug-likeness (QED) is 0.629. The van der Waals surface area contributed by atoms with Crippen molar-refractivity contribution in [1.29, 1.82) is 0 Å². The first-order chi connectivity index (χ1) is 12.5. The smallest absolute Gasteiger partial charge is 0.379 e. The third kappa shape index (κ3) is 4.86. The number of nitrogens with zero attached hydrogens (tertiary/aromatic N) is 4. The van der Waals surface area contributed by atoms with Crippen molar-refractivity contribution >= 4 is 17.3 Å². The third-order valence-corrected chi connectivity index (χ3v) is 5.40. The summed E-state index contributed by atoms with van der Waals surface area (Å²) in [4.78, 5) is 12.8. The van der Waals surface area contributed by atoms with E-state index in [0.29, 0.717) is 17.6 Å². The molecule has 0 aliphatic carbocycles. The van der Waals surface area contributed by atoms with Crippen LogP contribution in [-0.4, -0.2) is 72.7 Å². The number of hydrogen-bond donors (Lipinski definition) is 1. The van der Waals surface area contributed by atoms with E-state index < -0.39 is 11.9 Å². The van der Waals surface area contributed by atoms with Crippen molar-refractivity contribution in [1.82, 2.24) is 20.1 Å². The maximum atomic E-state index is 12.7. The van der Waals surface area contributed by atoms with Gasteiger partial charge in [0.15, 0.2) is 11.7 Å². The number of aliphatic imine (C=N–C) groups is 1. The van der Waals surface area contributed by atoms with Crippen molar-refractivity contribution in [2.24, 2.45) is 4.99 Å². The van der Waals surface area contributed by atoms with E-state index in [2.05, 4.69) is 25.1 Å². The van der Waals surface area contributed by atoms with Crippen LogP contribution in [0.1, 0.15) is 24.0 Å². The minimum absolute atomic E-state index is 0.155. The minimum atomic E-state index is -4.40. The maximum Gasteiger partial charge on any atom is 0.434 e. The molecule has 1 N–H and O–H groups in total. The highest BCUT2D eigenvalue weighted by Crippen LogP contribution is 2.30. The topological polar surface area (TPSA) is 53.0 Å². The monoisotopic (exact) mass is 391 g/mol. The third-order valence-electron chi connectivity index (χ3n) is 4.57. The van der Waals surface area contributed by atoms with Crippen LogP contribution in [0.3, 0.4) is 0 Å². The molecule has 0 saturated carbocycles. The van der Waals surface area contributed by atoms with Gasteiger partial charge in [0.25, 0.3) is 0 Å². The van der Waals surface area contributed by atoms with Crippen LogP contribution in [0.4, 0.5) is 13.2 Å². The second kappa shape index (κ2) is 8.53. The maximum absolute atomic E-state index is 12.7. The molecule has 10 heteroatoms. The molecule has 3 rings (SSSR count). The van der Waals surface area contributed by atoms with E-state index in [4.69, 9.17) is 4.74 Å². The predicted molar refractivity (Wildman–Crippen MR) is 94.3 cm³/mol. The number of alkyl halides is 3. The summed E-state index contributed by atoms with van der Waals surface area (Å²) < 4.78 is 43.4. The molecule has 6 nitrogen and oxygen atoms in total. The molecule has 1 aromatic rings. The van der Waals surface area contributed by atoms with Crippen molar-refractivity contribution in [3.8, 4) is 0 Å². The normalized spacial score (nSPS) is 22.8. The Bertz CT molecular complexity index is 615. The molecule has 2 fully saturated rings. The minimum Gasteiger partial charge on any atom is -0.379 e. The Kier molecular flexibility index (Phi) is 6.36. The van der Waals surface area contributed by atoms with Gasteiger partial charge in [0.2, 0.25) is 0 Å². The number of aromatic nitrogens is 1. The predicted octanol–water partition coefficient (Wildman–Crippen LogP) is 2.03. The number of thiazole rings is 1. The fourth-order valence-electron chi connectivity index (χ4n) is 3.26. The van der Waals surface area contributed by atoms with Crippen molar-refractivity contribution < 1.29 is 17.9 Å².